The molecule has 0 amide bonds. The number of aliphatic hydroxyl groups excluding tert-OH is 1. The van der Waals surface area contributed by atoms with Crippen molar-refractivity contribution in [1.29, 1.82) is 0 Å². The Bertz CT molecular complexity index is 199. The third-order valence-electron chi connectivity index (χ3n) is 2.23. The molecule has 0 aliphatic carbocycles. The van der Waals surface area contributed by atoms with Gasteiger partial charge in [0.2, 0.25) is 0 Å². The predicted molar refractivity (Wildman–Crippen MR) is 82.0 cm³/mol. The number of hydrogen-bond donors (Lipinski definition) is 3. The molecule has 3 N–H and O–H groups in total. The van der Waals surface area contributed by atoms with Crippen molar-refractivity contribution in [3.63, 3.8) is 0 Å². The van der Waals surface area contributed by atoms with E-state index in [9.17, 15) is 0 Å². The molecule has 1 aliphatic rings. The Morgan fingerprint density at radius 3 is 2.88 bits per heavy atom. The van der Waals surface area contributed by atoms with Crippen LogP contribution in [-0.2, 0) is 0 Å². The first-order valence-corrected chi connectivity index (χ1v) is 6.66. The van der Waals surface area contributed by atoms with Gasteiger partial charge in [0.1, 0.15) is 0 Å². The van der Waals surface area contributed by atoms with Gasteiger partial charge >= 0.3 is 0 Å². The number of halogens is 1. The summed E-state index contributed by atoms with van der Waals surface area (Å²) in [6.07, 6.45) is 2.61. The SMILES string of the molecule is CCNC(=NCC1CCCS1)NCCO.I. The summed E-state index contributed by atoms with van der Waals surface area (Å²) >= 11 is 2.01. The third-order valence-corrected chi connectivity index (χ3v) is 3.61. The van der Waals surface area contributed by atoms with E-state index in [1.807, 2.05) is 18.7 Å². The fraction of sp³-hybridized carbons (Fsp3) is 0.900. The van der Waals surface area contributed by atoms with Crippen molar-refractivity contribution in [3.8, 4) is 0 Å². The monoisotopic (exact) mass is 359 g/mol. The summed E-state index contributed by atoms with van der Waals surface area (Å²) in [5.41, 5.74) is 0. The van der Waals surface area contributed by atoms with Crippen molar-refractivity contribution in [2.45, 2.75) is 25.0 Å². The summed E-state index contributed by atoms with van der Waals surface area (Å²) in [5.74, 6) is 2.10. The molecular formula is C10H22IN3OS. The summed E-state index contributed by atoms with van der Waals surface area (Å²) < 4.78 is 0. The summed E-state index contributed by atoms with van der Waals surface area (Å²) in [7, 11) is 0. The number of aliphatic imine (C=N–C) groups is 1. The van der Waals surface area contributed by atoms with Gasteiger partial charge in [0.05, 0.1) is 13.2 Å². The van der Waals surface area contributed by atoms with E-state index in [1.165, 1.54) is 18.6 Å². The van der Waals surface area contributed by atoms with Crippen LogP contribution < -0.4 is 10.6 Å². The zero-order chi connectivity index (χ0) is 10.9. The van der Waals surface area contributed by atoms with Crippen LogP contribution in [0.15, 0.2) is 4.99 Å². The second-order valence-corrected chi connectivity index (χ2v) is 4.91. The third kappa shape index (κ3) is 6.80. The van der Waals surface area contributed by atoms with Crippen molar-refractivity contribution in [3.05, 3.63) is 0 Å². The Morgan fingerprint density at radius 1 is 1.50 bits per heavy atom. The van der Waals surface area contributed by atoms with Gasteiger partial charge in [0, 0.05) is 18.3 Å². The van der Waals surface area contributed by atoms with E-state index in [1.54, 1.807) is 0 Å². The normalized spacial score (nSPS) is 20.4. The second-order valence-electron chi connectivity index (χ2n) is 3.51. The highest BCUT2D eigenvalue weighted by molar-refractivity contribution is 14.0. The summed E-state index contributed by atoms with van der Waals surface area (Å²) in [4.78, 5) is 4.50. The van der Waals surface area contributed by atoms with Gasteiger partial charge in [-0.2, -0.15) is 11.8 Å². The first kappa shape index (κ1) is 16.3. The molecule has 1 rings (SSSR count). The lowest BCUT2D eigenvalue weighted by Crippen LogP contribution is -2.39. The van der Waals surface area contributed by atoms with Crippen molar-refractivity contribution >= 4 is 41.7 Å². The molecule has 0 aromatic heterocycles. The molecule has 6 heteroatoms. The number of rotatable bonds is 5. The highest BCUT2D eigenvalue weighted by atomic mass is 127. The zero-order valence-corrected chi connectivity index (χ0v) is 12.9. The smallest absolute Gasteiger partial charge is 0.191 e. The van der Waals surface area contributed by atoms with Gasteiger partial charge in [0.15, 0.2) is 5.96 Å². The molecule has 1 heterocycles. The molecule has 0 spiro atoms. The highest BCUT2D eigenvalue weighted by Crippen LogP contribution is 2.25. The maximum absolute atomic E-state index is 8.71. The lowest BCUT2D eigenvalue weighted by molar-refractivity contribution is 0.300. The van der Waals surface area contributed by atoms with E-state index in [0.29, 0.717) is 11.8 Å². The summed E-state index contributed by atoms with van der Waals surface area (Å²) in [6.45, 7) is 4.48. The van der Waals surface area contributed by atoms with Gasteiger partial charge in [-0.15, -0.1) is 24.0 Å². The van der Waals surface area contributed by atoms with Crippen LogP contribution in [0.5, 0.6) is 0 Å². The largest absolute Gasteiger partial charge is 0.395 e. The van der Waals surface area contributed by atoms with Gasteiger partial charge in [-0.05, 0) is 25.5 Å². The van der Waals surface area contributed by atoms with Crippen molar-refractivity contribution < 1.29 is 5.11 Å². The molecule has 0 radical (unpaired) electrons. The van der Waals surface area contributed by atoms with Gasteiger partial charge in [-0.3, -0.25) is 4.99 Å². The Kier molecular flexibility index (Phi) is 10.7. The lowest BCUT2D eigenvalue weighted by atomic mass is 10.2. The Labute approximate surface area is 119 Å². The number of aliphatic hydroxyl groups is 1. The molecule has 1 saturated heterocycles. The maximum Gasteiger partial charge on any atom is 0.191 e. The number of guanidine groups is 1. The molecular weight excluding hydrogens is 337 g/mol. The molecule has 0 aromatic rings. The highest BCUT2D eigenvalue weighted by Gasteiger charge is 2.14. The topological polar surface area (TPSA) is 56.7 Å². The molecule has 1 atom stereocenters. The first-order chi connectivity index (χ1) is 7.36. The van der Waals surface area contributed by atoms with Crippen LogP contribution >= 0.6 is 35.7 Å². The molecule has 16 heavy (non-hydrogen) atoms. The van der Waals surface area contributed by atoms with Gasteiger partial charge < -0.3 is 15.7 Å². The molecule has 96 valence electrons. The van der Waals surface area contributed by atoms with E-state index < -0.39 is 0 Å². The summed E-state index contributed by atoms with van der Waals surface area (Å²) in [6, 6.07) is 0. The molecule has 1 fully saturated rings. The van der Waals surface area contributed by atoms with Crippen LogP contribution in [0.2, 0.25) is 0 Å². The van der Waals surface area contributed by atoms with Crippen LogP contribution in [0.4, 0.5) is 0 Å². The number of nitrogens with one attached hydrogen (secondary N) is 2. The minimum atomic E-state index is 0. The van der Waals surface area contributed by atoms with Gasteiger partial charge in [0.25, 0.3) is 0 Å². The molecule has 4 nitrogen and oxygen atoms in total. The molecule has 0 aromatic carbocycles. The number of nitrogens with zero attached hydrogens (tertiary/aromatic N) is 1. The van der Waals surface area contributed by atoms with E-state index in [-0.39, 0.29) is 30.6 Å². The minimum Gasteiger partial charge on any atom is -0.395 e. The molecule has 0 saturated carbocycles. The maximum atomic E-state index is 8.71. The molecule has 0 bridgehead atoms. The van der Waals surface area contributed by atoms with Crippen LogP contribution in [0.3, 0.4) is 0 Å². The van der Waals surface area contributed by atoms with E-state index in [4.69, 9.17) is 5.11 Å². The van der Waals surface area contributed by atoms with Crippen molar-refractivity contribution in [2.24, 2.45) is 4.99 Å². The first-order valence-electron chi connectivity index (χ1n) is 5.61. The second kappa shape index (κ2) is 10.5. The van der Waals surface area contributed by atoms with Gasteiger partial charge in [-0.25, -0.2) is 0 Å². The average molecular weight is 359 g/mol. The standard InChI is InChI=1S/C10H21N3OS.HI/c1-2-11-10(12-5-6-14)13-8-9-4-3-7-15-9;/h9,14H,2-8H2,1H3,(H2,11,12,13);1H. The Balaban J connectivity index is 0.00000225. The fourth-order valence-corrected chi connectivity index (χ4v) is 2.68. The number of thioether (sulfide) groups is 1. The van der Waals surface area contributed by atoms with E-state index in [2.05, 4.69) is 15.6 Å². The van der Waals surface area contributed by atoms with Crippen molar-refractivity contribution in [2.75, 3.05) is 32.0 Å². The average Bonchev–Trinajstić information content (AvgIpc) is 2.75. The van der Waals surface area contributed by atoms with Crippen LogP contribution in [0.1, 0.15) is 19.8 Å². The quantitative estimate of drug-likeness (QED) is 0.390. The Morgan fingerprint density at radius 2 is 2.31 bits per heavy atom. The minimum absolute atomic E-state index is 0. The molecule has 1 aliphatic heterocycles. The van der Waals surface area contributed by atoms with E-state index >= 15 is 0 Å². The predicted octanol–water partition coefficient (Wildman–Crippen LogP) is 1.05. The van der Waals surface area contributed by atoms with Gasteiger partial charge in [-0.1, -0.05) is 0 Å². The van der Waals surface area contributed by atoms with Crippen LogP contribution in [0.25, 0.3) is 0 Å². The Hall–Kier alpha value is 0.310. The van der Waals surface area contributed by atoms with Crippen LogP contribution in [-0.4, -0.2) is 48.3 Å². The zero-order valence-electron chi connectivity index (χ0n) is 9.74. The summed E-state index contributed by atoms with van der Waals surface area (Å²) in [5, 5.41) is 15.6. The van der Waals surface area contributed by atoms with E-state index in [0.717, 1.165) is 19.0 Å². The van der Waals surface area contributed by atoms with Crippen LogP contribution in [0, 0.1) is 0 Å². The lowest BCUT2D eigenvalue weighted by Gasteiger charge is -2.11. The number of hydrogen-bond acceptors (Lipinski definition) is 3. The fourth-order valence-electron chi connectivity index (χ4n) is 1.50. The van der Waals surface area contributed by atoms with Crippen molar-refractivity contribution in [1.82, 2.24) is 10.6 Å². The molecule has 1 unspecified atom stereocenters.